The van der Waals surface area contributed by atoms with Gasteiger partial charge in [-0.2, -0.15) is 0 Å². The van der Waals surface area contributed by atoms with Gasteiger partial charge in [0.25, 0.3) is 11.7 Å². The van der Waals surface area contributed by atoms with Gasteiger partial charge in [-0.3, -0.25) is 24.1 Å². The number of carbonyl (C=O) groups excluding carboxylic acids is 4. The first kappa shape index (κ1) is 50.5. The highest BCUT2D eigenvalue weighted by Gasteiger charge is 2.51. The summed E-state index contributed by atoms with van der Waals surface area (Å²) in [5.74, 6) is -0.653. The molecule has 67 heavy (non-hydrogen) atoms. The minimum Gasteiger partial charge on any atom is -0.491 e. The first-order valence-electron chi connectivity index (χ1n) is 21.9. The number of amides is 4. The molecule has 2 fully saturated rings. The quantitative estimate of drug-likeness (QED) is 0.0571. The molecule has 4 heterocycles. The van der Waals surface area contributed by atoms with Gasteiger partial charge in [-0.25, -0.2) is 4.98 Å². The number of likely N-dealkylation sites (tertiary alicyclic amines) is 1. The summed E-state index contributed by atoms with van der Waals surface area (Å²) in [4.78, 5) is 71.4. The van der Waals surface area contributed by atoms with Gasteiger partial charge in [-0.05, 0) is 92.4 Å². The Morgan fingerprint density at radius 2 is 1.63 bits per heavy atom. The number of ether oxygens (including phenoxy) is 4. The Morgan fingerprint density at radius 3 is 2.24 bits per heavy atom. The van der Waals surface area contributed by atoms with Gasteiger partial charge in [0.1, 0.15) is 42.8 Å². The molecule has 4 amide bonds. The molecule has 0 unspecified atom stereocenters. The molecule has 2 aliphatic rings. The number of thiazole rings is 1. The molecule has 2 saturated heterocycles. The number of β-amino-alcohol motifs (C(OH)–C–C–N with tert-alkyl or cyclic N) is 1. The summed E-state index contributed by atoms with van der Waals surface area (Å²) < 4.78 is 22.6. The van der Waals surface area contributed by atoms with Crippen LogP contribution in [-0.4, -0.2) is 125 Å². The molecule has 0 spiro atoms. The number of pyridine rings is 1. The topological polar surface area (TPSA) is 189 Å². The molecule has 0 aliphatic carbocycles. The summed E-state index contributed by atoms with van der Waals surface area (Å²) in [5, 5.41) is 16.5. The Bertz CT molecular complexity index is 2450. The Balaban J connectivity index is 0.856. The summed E-state index contributed by atoms with van der Waals surface area (Å²) in [5.41, 5.74) is 4.90. The fourth-order valence-corrected chi connectivity index (χ4v) is 9.08. The van der Waals surface area contributed by atoms with Crippen LogP contribution in [0.4, 0.5) is 17.2 Å². The van der Waals surface area contributed by atoms with E-state index in [2.05, 4.69) is 25.4 Å². The fraction of sp³-hybridized carbons (Fsp3) is 0.458. The molecule has 356 valence electrons. The van der Waals surface area contributed by atoms with Gasteiger partial charge < -0.3 is 49.3 Å². The number of aryl methyl sites for hydroxylation is 2. The van der Waals surface area contributed by atoms with Crippen LogP contribution in [0.2, 0.25) is 0 Å². The van der Waals surface area contributed by atoms with Crippen molar-refractivity contribution in [1.82, 2.24) is 25.5 Å². The summed E-state index contributed by atoms with van der Waals surface area (Å²) in [6, 6.07) is 15.0. The molecule has 2 aliphatic heterocycles. The number of nitrogens with one attached hydrogen (secondary N) is 2. The second-order valence-electron chi connectivity index (χ2n) is 17.8. The van der Waals surface area contributed by atoms with Crippen molar-refractivity contribution in [3.63, 3.8) is 0 Å². The second-order valence-corrected chi connectivity index (χ2v) is 19.0. The number of benzene rings is 2. The van der Waals surface area contributed by atoms with E-state index >= 15 is 0 Å². The Morgan fingerprint density at radius 1 is 0.970 bits per heavy atom. The number of hydrogen-bond acceptors (Lipinski definition) is 13. The van der Waals surface area contributed by atoms with Crippen LogP contribution in [0.1, 0.15) is 57.9 Å². The van der Waals surface area contributed by atoms with Crippen molar-refractivity contribution in [2.75, 3.05) is 62.6 Å². The predicted molar refractivity (Wildman–Crippen MR) is 258 cm³/mol. The molecule has 4 aromatic rings. The standard InChI is InChI=1S/C48H58N8O9S2/c1-30-23-35(26-50-42(30)49-8)55-45(61)48(6,7)56(46(55)66)34-13-15-37(16-14-34)65-22-21-63-18-17-62-19-20-64-28-39(58)53-41(47(3,4)5)44(60)54-27-36(57)24-38(54)43(59)51-25-32-9-11-33(12-10-32)40-31(2)52-29-67-40/h9-16,23,26,29,36,38,41,57H,17-22,24-25,27-28H2,1-7H3,(H,51,59)(H,53,58)/t36-,38+,41-/m1/s1. The van der Waals surface area contributed by atoms with Crippen molar-refractivity contribution in [3.05, 3.63) is 94.5 Å². The molecule has 3 atom stereocenters. The van der Waals surface area contributed by atoms with E-state index < -0.39 is 41.0 Å². The van der Waals surface area contributed by atoms with E-state index in [9.17, 15) is 24.3 Å². The molecule has 0 saturated carbocycles. The minimum atomic E-state index is -0.978. The third kappa shape index (κ3) is 12.4. The molecule has 0 radical (unpaired) electrons. The zero-order valence-corrected chi connectivity index (χ0v) is 40.5. The highest BCUT2D eigenvalue weighted by molar-refractivity contribution is 7.81. The summed E-state index contributed by atoms with van der Waals surface area (Å²) in [7, 11) is 0. The molecule has 17 nitrogen and oxygen atoms in total. The van der Waals surface area contributed by atoms with Gasteiger partial charge in [0.15, 0.2) is 5.11 Å². The van der Waals surface area contributed by atoms with Crippen LogP contribution in [0, 0.1) is 25.8 Å². The number of nitrogens with zero attached hydrogens (tertiary/aromatic N) is 6. The number of hydrogen-bond donors (Lipinski definition) is 3. The minimum absolute atomic E-state index is 0.0263. The van der Waals surface area contributed by atoms with Gasteiger partial charge >= 0.3 is 0 Å². The number of aliphatic hydroxyl groups excluding tert-OH is 1. The van der Waals surface area contributed by atoms with Crippen LogP contribution in [0.15, 0.2) is 66.3 Å². The summed E-state index contributed by atoms with van der Waals surface area (Å²) >= 11 is 7.34. The van der Waals surface area contributed by atoms with Gasteiger partial charge in [0.2, 0.25) is 17.7 Å². The van der Waals surface area contributed by atoms with Gasteiger partial charge in [-0.15, -0.1) is 16.3 Å². The van der Waals surface area contributed by atoms with E-state index in [1.165, 1.54) is 16.0 Å². The van der Waals surface area contributed by atoms with Crippen LogP contribution in [0.5, 0.6) is 5.75 Å². The lowest BCUT2D eigenvalue weighted by atomic mass is 9.85. The van der Waals surface area contributed by atoms with Crippen molar-refractivity contribution >= 4 is 69.5 Å². The van der Waals surface area contributed by atoms with Gasteiger partial charge in [-0.1, -0.05) is 51.6 Å². The molecule has 6 rings (SSSR count). The van der Waals surface area contributed by atoms with Gasteiger partial charge in [0.05, 0.1) is 60.9 Å². The lowest BCUT2D eigenvalue weighted by molar-refractivity contribution is -0.144. The average Bonchev–Trinajstić information content (AvgIpc) is 3.96. The number of carbonyl (C=O) groups is 4. The van der Waals surface area contributed by atoms with Crippen LogP contribution >= 0.6 is 23.6 Å². The van der Waals surface area contributed by atoms with E-state index in [-0.39, 0.29) is 57.0 Å². The monoisotopic (exact) mass is 954 g/mol. The maximum absolute atomic E-state index is 13.9. The van der Waals surface area contributed by atoms with E-state index in [1.807, 2.05) is 64.1 Å². The van der Waals surface area contributed by atoms with Crippen molar-refractivity contribution in [3.8, 4) is 16.2 Å². The van der Waals surface area contributed by atoms with Crippen molar-refractivity contribution in [2.24, 2.45) is 5.41 Å². The van der Waals surface area contributed by atoms with Gasteiger partial charge in [0, 0.05) is 25.2 Å². The molecule has 2 aromatic heterocycles. The highest BCUT2D eigenvalue weighted by atomic mass is 32.1. The fourth-order valence-electron chi connectivity index (χ4n) is 7.75. The number of rotatable bonds is 20. The maximum atomic E-state index is 13.9. The predicted octanol–water partition coefficient (Wildman–Crippen LogP) is 5.53. The van der Waals surface area contributed by atoms with Crippen LogP contribution in [0.25, 0.3) is 15.3 Å². The zero-order chi connectivity index (χ0) is 48.5. The Labute approximate surface area is 400 Å². The van der Waals surface area contributed by atoms with E-state index in [1.54, 1.807) is 60.7 Å². The number of aromatic nitrogens is 2. The first-order chi connectivity index (χ1) is 31.9. The Kier molecular flexibility index (Phi) is 16.8. The lowest BCUT2D eigenvalue weighted by Crippen LogP contribution is -2.58. The highest BCUT2D eigenvalue weighted by Crippen LogP contribution is 2.38. The smallest absolute Gasteiger partial charge is 0.272 e. The third-order valence-electron chi connectivity index (χ3n) is 11.3. The second kappa shape index (κ2) is 22.3. The largest absolute Gasteiger partial charge is 0.491 e. The summed E-state index contributed by atoms with van der Waals surface area (Å²) in [6.07, 6.45) is 0.695. The third-order valence-corrected chi connectivity index (χ3v) is 12.7. The normalized spacial score (nSPS) is 17.4. The maximum Gasteiger partial charge on any atom is 0.272 e. The number of thiocarbonyl (C=S) groups is 1. The van der Waals surface area contributed by atoms with Crippen molar-refractivity contribution in [2.45, 2.75) is 85.2 Å². The van der Waals surface area contributed by atoms with Crippen LogP contribution in [-0.2, 0) is 39.9 Å². The molecular formula is C48H58N8O9S2. The SMILES string of the molecule is [C-]#[N+]c1ncc(N2C(=O)C(C)(C)N(c3ccc(OCCOCCOCCOCC(=O)N[C@H](C(=O)N4C[C@H](O)C[C@H]4C(=O)NCc4ccc(-c5scnc5C)cc4)C(C)(C)C)cc3)C2=S)cc1C. The molecule has 0 bridgehead atoms. The van der Waals surface area contributed by atoms with E-state index in [0.717, 1.165) is 27.4 Å². The van der Waals surface area contributed by atoms with Crippen LogP contribution in [0.3, 0.4) is 0 Å². The number of anilines is 2. The zero-order valence-electron chi connectivity index (χ0n) is 38.9. The first-order valence-corrected chi connectivity index (χ1v) is 23.2. The lowest BCUT2D eigenvalue weighted by Gasteiger charge is -2.35. The van der Waals surface area contributed by atoms with Crippen LogP contribution < -0.4 is 25.2 Å². The van der Waals surface area contributed by atoms with E-state index in [4.69, 9.17) is 37.7 Å². The van der Waals surface area contributed by atoms with Crippen molar-refractivity contribution in [1.29, 1.82) is 0 Å². The molecular weight excluding hydrogens is 897 g/mol. The molecule has 19 heteroatoms. The van der Waals surface area contributed by atoms with E-state index in [0.29, 0.717) is 48.5 Å². The van der Waals surface area contributed by atoms with Crippen molar-refractivity contribution < 1.29 is 43.2 Å². The average molecular weight is 955 g/mol. The summed E-state index contributed by atoms with van der Waals surface area (Å²) in [6.45, 7) is 21.5. The Hall–Kier alpha value is -5.88. The molecule has 3 N–H and O–H groups in total. The number of aliphatic hydroxyl groups is 1. The molecule has 2 aromatic carbocycles.